The Morgan fingerprint density at radius 1 is 1.06 bits per heavy atom. The minimum Gasteiger partial charge on any atom is -0.468 e. The van der Waals surface area contributed by atoms with Crippen LogP contribution in [0.25, 0.3) is 10.8 Å². The van der Waals surface area contributed by atoms with E-state index in [9.17, 15) is 14.4 Å². The number of carbonyl (C=O) groups is 3. The number of rotatable bonds is 8. The lowest BCUT2D eigenvalue weighted by Crippen LogP contribution is -2.53. The minimum atomic E-state index is -0.499. The van der Waals surface area contributed by atoms with Crippen molar-refractivity contribution in [2.24, 2.45) is 5.92 Å². The number of nitrogens with zero attached hydrogens (tertiary/aromatic N) is 2. The number of esters is 1. The third kappa shape index (κ3) is 5.41. The smallest absolute Gasteiger partial charge is 0.325 e. The molecule has 7 nitrogen and oxygen atoms in total. The first-order valence-electron chi connectivity index (χ1n) is 12.3. The standard InChI is InChI=1S/C27H35N3O4/c1-19(23-12-6-8-20-7-3-4-11-24(20)23)29-15-13-22(14-16-29)30(27(33)21-9-5-10-21)18-25(31)28-17-26(32)34-2/h3-4,6-8,11-12,19,21-22H,5,9-10,13-18H2,1-2H3,(H,28,31)/t19-/m1/s1. The molecule has 0 radical (unpaired) electrons. The van der Waals surface area contributed by atoms with Crippen LogP contribution in [0.4, 0.5) is 0 Å². The summed E-state index contributed by atoms with van der Waals surface area (Å²) in [5.74, 6) is -0.702. The molecule has 0 spiro atoms. The summed E-state index contributed by atoms with van der Waals surface area (Å²) in [5, 5.41) is 5.11. The van der Waals surface area contributed by atoms with Gasteiger partial charge < -0.3 is 15.0 Å². The summed E-state index contributed by atoms with van der Waals surface area (Å²) >= 11 is 0. The molecule has 1 atom stereocenters. The maximum Gasteiger partial charge on any atom is 0.325 e. The highest BCUT2D eigenvalue weighted by atomic mass is 16.5. The molecule has 0 bridgehead atoms. The molecule has 2 amide bonds. The van der Waals surface area contributed by atoms with Crippen molar-refractivity contribution < 1.29 is 19.1 Å². The molecule has 34 heavy (non-hydrogen) atoms. The van der Waals surface area contributed by atoms with E-state index in [4.69, 9.17) is 0 Å². The number of amides is 2. The van der Waals surface area contributed by atoms with Gasteiger partial charge in [0.15, 0.2) is 0 Å². The first kappa shape index (κ1) is 24.2. The number of methoxy groups -OCH3 is 1. The number of hydrogen-bond donors (Lipinski definition) is 1. The monoisotopic (exact) mass is 465 g/mol. The van der Waals surface area contributed by atoms with Crippen molar-refractivity contribution in [1.29, 1.82) is 0 Å². The summed E-state index contributed by atoms with van der Waals surface area (Å²) < 4.78 is 4.59. The summed E-state index contributed by atoms with van der Waals surface area (Å²) in [7, 11) is 1.29. The van der Waals surface area contributed by atoms with Crippen molar-refractivity contribution in [2.45, 2.75) is 51.1 Å². The van der Waals surface area contributed by atoms with Crippen LogP contribution < -0.4 is 5.32 Å². The van der Waals surface area contributed by atoms with Gasteiger partial charge in [0.1, 0.15) is 6.54 Å². The molecular formula is C27H35N3O4. The molecule has 1 aliphatic carbocycles. The van der Waals surface area contributed by atoms with Crippen LogP contribution in [-0.2, 0) is 19.1 Å². The quantitative estimate of drug-likeness (QED) is 0.606. The number of ether oxygens (including phenoxy) is 1. The Morgan fingerprint density at radius 3 is 2.44 bits per heavy atom. The Labute approximate surface area is 201 Å². The number of likely N-dealkylation sites (tertiary alicyclic amines) is 1. The van der Waals surface area contributed by atoms with Crippen molar-refractivity contribution in [2.75, 3.05) is 33.3 Å². The lowest BCUT2D eigenvalue weighted by molar-refractivity contribution is -0.146. The topological polar surface area (TPSA) is 79.0 Å². The molecule has 1 aliphatic heterocycles. The zero-order valence-electron chi connectivity index (χ0n) is 20.2. The van der Waals surface area contributed by atoms with Crippen LogP contribution in [0.15, 0.2) is 42.5 Å². The van der Waals surface area contributed by atoms with Crippen LogP contribution in [0.3, 0.4) is 0 Å². The molecule has 7 heteroatoms. The predicted octanol–water partition coefficient (Wildman–Crippen LogP) is 3.28. The van der Waals surface area contributed by atoms with E-state index in [-0.39, 0.29) is 42.9 Å². The zero-order valence-corrected chi connectivity index (χ0v) is 20.2. The fourth-order valence-electron chi connectivity index (χ4n) is 5.13. The highest BCUT2D eigenvalue weighted by Gasteiger charge is 2.36. The summed E-state index contributed by atoms with van der Waals surface area (Å²) in [4.78, 5) is 41.3. The number of fused-ring (bicyclic) bond motifs is 1. The van der Waals surface area contributed by atoms with Crippen LogP contribution in [-0.4, -0.2) is 66.9 Å². The lowest BCUT2D eigenvalue weighted by Gasteiger charge is -2.42. The third-order valence-electron chi connectivity index (χ3n) is 7.47. The Balaban J connectivity index is 1.41. The molecule has 2 aromatic carbocycles. The second-order valence-corrected chi connectivity index (χ2v) is 9.46. The van der Waals surface area contributed by atoms with Crippen LogP contribution >= 0.6 is 0 Å². The molecule has 2 fully saturated rings. The van der Waals surface area contributed by atoms with Crippen LogP contribution in [0.1, 0.15) is 50.6 Å². The molecule has 4 rings (SSSR count). The van der Waals surface area contributed by atoms with Gasteiger partial charge >= 0.3 is 5.97 Å². The van der Waals surface area contributed by atoms with Gasteiger partial charge in [0, 0.05) is 31.1 Å². The second-order valence-electron chi connectivity index (χ2n) is 9.46. The molecule has 1 heterocycles. The molecule has 1 N–H and O–H groups in total. The molecule has 182 valence electrons. The van der Waals surface area contributed by atoms with Gasteiger partial charge in [0.2, 0.25) is 11.8 Å². The van der Waals surface area contributed by atoms with Gasteiger partial charge in [0.25, 0.3) is 0 Å². The predicted molar refractivity (Wildman–Crippen MR) is 131 cm³/mol. The summed E-state index contributed by atoms with van der Waals surface area (Å²) in [6.07, 6.45) is 4.53. The molecule has 1 saturated heterocycles. The van der Waals surface area contributed by atoms with E-state index in [1.165, 1.54) is 23.4 Å². The van der Waals surface area contributed by atoms with E-state index in [0.29, 0.717) is 0 Å². The Kier molecular flexibility index (Phi) is 7.83. The molecule has 2 aliphatic rings. The fraction of sp³-hybridized carbons (Fsp3) is 0.519. The number of piperidine rings is 1. The van der Waals surface area contributed by atoms with Crippen LogP contribution in [0.2, 0.25) is 0 Å². The van der Waals surface area contributed by atoms with Gasteiger partial charge in [0.05, 0.1) is 13.7 Å². The molecule has 1 saturated carbocycles. The van der Waals surface area contributed by atoms with Gasteiger partial charge in [-0.2, -0.15) is 0 Å². The summed E-state index contributed by atoms with van der Waals surface area (Å²) in [6, 6.07) is 15.3. The minimum absolute atomic E-state index is 0.00410. The van der Waals surface area contributed by atoms with Crippen molar-refractivity contribution >= 4 is 28.6 Å². The van der Waals surface area contributed by atoms with Crippen LogP contribution in [0, 0.1) is 5.92 Å². The normalized spacial score (nSPS) is 18.2. The van der Waals surface area contributed by atoms with Crippen molar-refractivity contribution in [3.05, 3.63) is 48.0 Å². The number of nitrogens with one attached hydrogen (secondary N) is 1. The van der Waals surface area contributed by atoms with Gasteiger partial charge in [-0.25, -0.2) is 0 Å². The number of benzene rings is 2. The van der Waals surface area contributed by atoms with Crippen LogP contribution in [0.5, 0.6) is 0 Å². The van der Waals surface area contributed by atoms with E-state index < -0.39 is 5.97 Å². The first-order valence-corrected chi connectivity index (χ1v) is 12.3. The van der Waals surface area contributed by atoms with Gasteiger partial charge in [-0.15, -0.1) is 0 Å². The van der Waals surface area contributed by atoms with E-state index in [0.717, 1.165) is 45.2 Å². The van der Waals surface area contributed by atoms with Crippen molar-refractivity contribution in [3.8, 4) is 0 Å². The molecule has 0 aromatic heterocycles. The van der Waals surface area contributed by atoms with E-state index >= 15 is 0 Å². The van der Waals surface area contributed by atoms with E-state index in [2.05, 4.69) is 64.3 Å². The van der Waals surface area contributed by atoms with Gasteiger partial charge in [-0.05, 0) is 48.9 Å². The molecular weight excluding hydrogens is 430 g/mol. The van der Waals surface area contributed by atoms with Crippen molar-refractivity contribution in [3.63, 3.8) is 0 Å². The average Bonchev–Trinajstić information content (AvgIpc) is 2.84. The highest BCUT2D eigenvalue weighted by molar-refractivity contribution is 5.88. The maximum absolute atomic E-state index is 13.2. The summed E-state index contributed by atoms with van der Waals surface area (Å²) in [6.45, 7) is 3.80. The largest absolute Gasteiger partial charge is 0.468 e. The maximum atomic E-state index is 13.2. The highest BCUT2D eigenvalue weighted by Crippen LogP contribution is 2.33. The lowest BCUT2D eigenvalue weighted by atomic mass is 9.83. The Morgan fingerprint density at radius 2 is 1.76 bits per heavy atom. The molecule has 2 aromatic rings. The average molecular weight is 466 g/mol. The number of carbonyl (C=O) groups excluding carboxylic acids is 3. The fourth-order valence-corrected chi connectivity index (χ4v) is 5.13. The van der Waals surface area contributed by atoms with E-state index in [1.54, 1.807) is 4.90 Å². The summed E-state index contributed by atoms with van der Waals surface area (Å²) in [5.41, 5.74) is 1.32. The molecule has 0 unspecified atom stereocenters. The zero-order chi connectivity index (χ0) is 24.1. The SMILES string of the molecule is COC(=O)CNC(=O)CN(C(=O)C1CCC1)C1CCN([C@H](C)c2cccc3ccccc23)CC1. The Bertz CT molecular complexity index is 1020. The Hall–Kier alpha value is -2.93. The third-order valence-corrected chi connectivity index (χ3v) is 7.47. The van der Waals surface area contributed by atoms with Gasteiger partial charge in [-0.3, -0.25) is 19.3 Å². The first-order chi connectivity index (χ1) is 16.5. The number of hydrogen-bond acceptors (Lipinski definition) is 5. The van der Waals surface area contributed by atoms with E-state index in [1.807, 2.05) is 0 Å². The van der Waals surface area contributed by atoms with Gasteiger partial charge in [-0.1, -0.05) is 48.9 Å². The second kappa shape index (κ2) is 11.0. The van der Waals surface area contributed by atoms with Crippen molar-refractivity contribution in [1.82, 2.24) is 15.1 Å².